The Labute approximate surface area is 92.7 Å². The van der Waals surface area contributed by atoms with Gasteiger partial charge in [-0.05, 0) is 30.5 Å². The van der Waals surface area contributed by atoms with Crippen molar-refractivity contribution >= 4 is 23.4 Å². The van der Waals surface area contributed by atoms with Crippen LogP contribution in [0.4, 0.5) is 0 Å². The van der Waals surface area contributed by atoms with Crippen molar-refractivity contribution in [3.05, 3.63) is 34.9 Å². The number of halogens is 1. The molecule has 3 nitrogen and oxygen atoms in total. The molecule has 0 saturated heterocycles. The molecule has 1 unspecified atom stereocenters. The molecule has 0 heterocycles. The average Bonchev–Trinajstić information content (AvgIpc) is 2.20. The third kappa shape index (κ3) is 2.36. The predicted molar refractivity (Wildman–Crippen MR) is 57.2 cm³/mol. The number of aliphatic carboxylic acids is 1. The van der Waals surface area contributed by atoms with Crippen molar-refractivity contribution in [2.45, 2.75) is 19.2 Å². The quantitative estimate of drug-likeness (QED) is 0.635. The number of benzene rings is 1. The standard InChI is InChI=1S/C11H11ClO3/c1-6-4-3-5-8(7(6)2)9(12)10(13)11(14)15/h3-5,9H,1-2H3,(H,14,15). The van der Waals surface area contributed by atoms with Crippen LogP contribution in [0.25, 0.3) is 0 Å². The topological polar surface area (TPSA) is 54.4 Å². The van der Waals surface area contributed by atoms with Crippen molar-refractivity contribution in [3.63, 3.8) is 0 Å². The number of aryl methyl sites for hydroxylation is 1. The molecule has 0 aromatic heterocycles. The van der Waals surface area contributed by atoms with E-state index in [0.717, 1.165) is 11.1 Å². The number of hydrogen-bond acceptors (Lipinski definition) is 2. The van der Waals surface area contributed by atoms with Crippen LogP contribution >= 0.6 is 11.6 Å². The maximum atomic E-state index is 11.2. The first-order valence-corrected chi connectivity index (χ1v) is 4.86. The number of carboxylic acid groups (broad SMARTS) is 1. The van der Waals surface area contributed by atoms with Crippen LogP contribution in [0.15, 0.2) is 18.2 Å². The Morgan fingerprint density at radius 2 is 1.93 bits per heavy atom. The predicted octanol–water partition coefficient (Wildman–Crippen LogP) is 2.24. The van der Waals surface area contributed by atoms with Gasteiger partial charge in [-0.15, -0.1) is 11.6 Å². The summed E-state index contributed by atoms with van der Waals surface area (Å²) in [7, 11) is 0. The van der Waals surface area contributed by atoms with Crippen molar-refractivity contribution in [1.82, 2.24) is 0 Å². The van der Waals surface area contributed by atoms with Crippen molar-refractivity contribution in [2.75, 3.05) is 0 Å². The van der Waals surface area contributed by atoms with Crippen molar-refractivity contribution in [1.29, 1.82) is 0 Å². The van der Waals surface area contributed by atoms with E-state index in [1.165, 1.54) is 0 Å². The van der Waals surface area contributed by atoms with E-state index in [4.69, 9.17) is 16.7 Å². The molecule has 15 heavy (non-hydrogen) atoms. The molecule has 0 saturated carbocycles. The first kappa shape index (κ1) is 11.7. The van der Waals surface area contributed by atoms with Crippen LogP contribution in [0, 0.1) is 13.8 Å². The van der Waals surface area contributed by atoms with Gasteiger partial charge in [-0.25, -0.2) is 4.79 Å². The number of carboxylic acids is 1. The first-order valence-electron chi connectivity index (χ1n) is 4.42. The van der Waals surface area contributed by atoms with E-state index in [0.29, 0.717) is 5.56 Å². The zero-order valence-corrected chi connectivity index (χ0v) is 9.21. The Morgan fingerprint density at radius 3 is 2.47 bits per heavy atom. The normalized spacial score (nSPS) is 12.2. The lowest BCUT2D eigenvalue weighted by atomic mass is 9.99. The fourth-order valence-electron chi connectivity index (χ4n) is 1.30. The molecule has 4 heteroatoms. The zero-order chi connectivity index (χ0) is 11.6. The third-order valence-corrected chi connectivity index (χ3v) is 2.79. The molecule has 0 aliphatic carbocycles. The van der Waals surface area contributed by atoms with Crippen LogP contribution in [0.5, 0.6) is 0 Å². The molecule has 1 rings (SSSR count). The maximum Gasteiger partial charge on any atom is 0.374 e. The van der Waals surface area contributed by atoms with Crippen molar-refractivity contribution < 1.29 is 14.7 Å². The van der Waals surface area contributed by atoms with Gasteiger partial charge in [0.05, 0.1) is 0 Å². The van der Waals surface area contributed by atoms with Crippen LogP contribution in [0.3, 0.4) is 0 Å². The monoisotopic (exact) mass is 226 g/mol. The van der Waals surface area contributed by atoms with E-state index in [1.54, 1.807) is 12.1 Å². The summed E-state index contributed by atoms with van der Waals surface area (Å²) < 4.78 is 0. The molecule has 0 fully saturated rings. The maximum absolute atomic E-state index is 11.2. The van der Waals surface area contributed by atoms with Gasteiger partial charge < -0.3 is 5.11 Å². The number of alkyl halides is 1. The van der Waals surface area contributed by atoms with Gasteiger partial charge in [0.1, 0.15) is 5.38 Å². The van der Waals surface area contributed by atoms with E-state index in [9.17, 15) is 9.59 Å². The van der Waals surface area contributed by atoms with Gasteiger partial charge in [0.25, 0.3) is 5.78 Å². The van der Waals surface area contributed by atoms with Gasteiger partial charge in [-0.1, -0.05) is 18.2 Å². The van der Waals surface area contributed by atoms with Crippen LogP contribution < -0.4 is 0 Å². The van der Waals surface area contributed by atoms with Gasteiger partial charge in [0, 0.05) is 0 Å². The fraction of sp³-hybridized carbons (Fsp3) is 0.273. The van der Waals surface area contributed by atoms with Crippen LogP contribution in [0.1, 0.15) is 22.1 Å². The smallest absolute Gasteiger partial charge is 0.374 e. The second kappa shape index (κ2) is 4.45. The Bertz CT molecular complexity index is 412. The van der Waals surface area contributed by atoms with Gasteiger partial charge in [0.2, 0.25) is 0 Å². The molecule has 0 aliphatic rings. The Kier molecular flexibility index (Phi) is 3.48. The summed E-state index contributed by atoms with van der Waals surface area (Å²) in [5.41, 5.74) is 2.40. The lowest BCUT2D eigenvalue weighted by Gasteiger charge is -2.11. The SMILES string of the molecule is Cc1cccc(C(Cl)C(=O)C(=O)O)c1C. The molecule has 80 valence electrons. The van der Waals surface area contributed by atoms with Gasteiger partial charge >= 0.3 is 5.97 Å². The van der Waals surface area contributed by atoms with E-state index in [2.05, 4.69) is 0 Å². The molecule has 0 aliphatic heterocycles. The van der Waals surface area contributed by atoms with E-state index in [-0.39, 0.29) is 0 Å². The number of carbonyl (C=O) groups excluding carboxylic acids is 1. The molecular weight excluding hydrogens is 216 g/mol. The number of hydrogen-bond donors (Lipinski definition) is 1. The number of Topliss-reactive ketones (excluding diaryl/α,β-unsaturated/α-hetero) is 1. The summed E-state index contributed by atoms with van der Waals surface area (Å²) in [5.74, 6) is -2.50. The van der Waals surface area contributed by atoms with E-state index in [1.807, 2.05) is 19.9 Å². The summed E-state index contributed by atoms with van der Waals surface area (Å²) in [5, 5.41) is 7.43. The Morgan fingerprint density at radius 1 is 1.33 bits per heavy atom. The molecule has 0 bridgehead atoms. The lowest BCUT2D eigenvalue weighted by molar-refractivity contribution is -0.148. The molecule has 0 radical (unpaired) electrons. The number of carbonyl (C=O) groups is 2. The summed E-state index contributed by atoms with van der Waals surface area (Å²) in [4.78, 5) is 21.7. The van der Waals surface area contributed by atoms with Gasteiger partial charge in [0.15, 0.2) is 0 Å². The highest BCUT2D eigenvalue weighted by molar-refractivity contribution is 6.47. The van der Waals surface area contributed by atoms with Crippen molar-refractivity contribution in [3.8, 4) is 0 Å². The van der Waals surface area contributed by atoms with E-state index >= 15 is 0 Å². The Hall–Kier alpha value is -1.35. The summed E-state index contributed by atoms with van der Waals surface area (Å²) in [6, 6.07) is 5.30. The minimum Gasteiger partial charge on any atom is -0.475 e. The molecule has 1 N–H and O–H groups in total. The summed E-state index contributed by atoms with van der Waals surface area (Å²) >= 11 is 5.80. The fourth-order valence-corrected chi connectivity index (χ4v) is 1.63. The molecule has 1 aromatic carbocycles. The third-order valence-electron chi connectivity index (χ3n) is 2.36. The second-order valence-corrected chi connectivity index (χ2v) is 3.76. The first-order chi connectivity index (χ1) is 6.95. The molecule has 1 aromatic rings. The average molecular weight is 227 g/mol. The molecule has 1 atom stereocenters. The minimum atomic E-state index is -1.50. The summed E-state index contributed by atoms with van der Waals surface area (Å²) in [6.07, 6.45) is 0. The highest BCUT2D eigenvalue weighted by Crippen LogP contribution is 2.26. The number of rotatable bonds is 3. The van der Waals surface area contributed by atoms with Crippen molar-refractivity contribution in [2.24, 2.45) is 0 Å². The van der Waals surface area contributed by atoms with Gasteiger partial charge in [-0.2, -0.15) is 0 Å². The van der Waals surface area contributed by atoms with Crippen LogP contribution in [-0.4, -0.2) is 16.9 Å². The molecule has 0 spiro atoms. The summed E-state index contributed by atoms with van der Waals surface area (Å²) in [6.45, 7) is 3.70. The Balaban J connectivity index is 3.12. The highest BCUT2D eigenvalue weighted by atomic mass is 35.5. The van der Waals surface area contributed by atoms with E-state index < -0.39 is 17.1 Å². The van der Waals surface area contributed by atoms with Crippen LogP contribution in [-0.2, 0) is 9.59 Å². The minimum absolute atomic E-state index is 0.559. The number of ketones is 1. The van der Waals surface area contributed by atoms with Gasteiger partial charge in [-0.3, -0.25) is 4.79 Å². The largest absolute Gasteiger partial charge is 0.475 e. The zero-order valence-electron chi connectivity index (χ0n) is 8.45. The molecule has 0 amide bonds. The molecular formula is C11H11ClO3. The van der Waals surface area contributed by atoms with Crippen LogP contribution in [0.2, 0.25) is 0 Å². The highest BCUT2D eigenvalue weighted by Gasteiger charge is 2.25. The lowest BCUT2D eigenvalue weighted by Crippen LogP contribution is -2.18. The second-order valence-electron chi connectivity index (χ2n) is 3.32.